The summed E-state index contributed by atoms with van der Waals surface area (Å²) in [6.45, 7) is 6.49. The molecular weight excluding hydrogens is 430 g/mol. The molecule has 176 valence electrons. The Morgan fingerprint density at radius 2 is 1.94 bits per heavy atom. The first kappa shape index (κ1) is 23.3. The molecule has 9 nitrogen and oxygen atoms in total. The van der Waals surface area contributed by atoms with Crippen LogP contribution in [0.3, 0.4) is 0 Å². The van der Waals surface area contributed by atoms with Gasteiger partial charge in [0.2, 0.25) is 5.91 Å². The zero-order valence-electron chi connectivity index (χ0n) is 19.4. The van der Waals surface area contributed by atoms with Gasteiger partial charge in [-0.2, -0.15) is 9.78 Å². The second kappa shape index (κ2) is 10.4. The first-order chi connectivity index (χ1) is 16.4. The summed E-state index contributed by atoms with van der Waals surface area (Å²) >= 11 is 0. The highest BCUT2D eigenvalue weighted by molar-refractivity contribution is 6.02. The van der Waals surface area contributed by atoms with E-state index in [4.69, 9.17) is 10.8 Å². The van der Waals surface area contributed by atoms with Gasteiger partial charge in [0.05, 0.1) is 11.4 Å². The third kappa shape index (κ3) is 5.55. The van der Waals surface area contributed by atoms with Crippen LogP contribution in [0.25, 0.3) is 11.9 Å². The van der Waals surface area contributed by atoms with Gasteiger partial charge in [0.1, 0.15) is 11.5 Å². The minimum atomic E-state index is -0.581. The van der Waals surface area contributed by atoms with Crippen LogP contribution in [-0.2, 0) is 4.79 Å². The summed E-state index contributed by atoms with van der Waals surface area (Å²) in [5.41, 5.74) is 6.76. The maximum atomic E-state index is 13.0. The Labute approximate surface area is 198 Å². The summed E-state index contributed by atoms with van der Waals surface area (Å²) in [5, 5.41) is 7.76. The van der Waals surface area contributed by atoms with Crippen LogP contribution >= 0.6 is 0 Å². The highest BCUT2D eigenvalue weighted by atomic mass is 16.2. The number of carbonyl (C=O) groups excluding carboxylic acids is 2. The Balaban J connectivity index is 1.59. The van der Waals surface area contributed by atoms with E-state index < -0.39 is 5.91 Å². The van der Waals surface area contributed by atoms with Crippen molar-refractivity contribution in [3.8, 4) is 5.82 Å². The number of nitrogens with zero attached hydrogens (tertiary/aromatic N) is 5. The van der Waals surface area contributed by atoms with Crippen molar-refractivity contribution in [2.24, 2.45) is 5.73 Å². The zero-order valence-corrected chi connectivity index (χ0v) is 19.4. The lowest BCUT2D eigenvalue weighted by atomic mass is 9.93. The smallest absolute Gasteiger partial charge is 0.275 e. The Hall–Kier alpha value is -3.85. The predicted molar refractivity (Wildman–Crippen MR) is 130 cm³/mol. The number of rotatable bonds is 7. The molecule has 3 aromatic heterocycles. The summed E-state index contributed by atoms with van der Waals surface area (Å²) < 4.78 is 1.67. The van der Waals surface area contributed by atoms with Gasteiger partial charge in [-0.15, -0.1) is 0 Å². The standard InChI is InChI=1S/C25H29N7O2/c1-17(2)31-14-11-18(12-15-31)21-16-24(32(30-21)23-8-3-4-13-27-23)29-25(34)20-7-5-6-19(28-20)9-10-22(26)33/h3-10,13,16-18H,11-12,14-15H2,1-2H3,(H2,26,33)(H,29,34)/b10-9+. The number of hydrogen-bond donors (Lipinski definition) is 2. The van der Waals surface area contributed by atoms with E-state index in [1.54, 1.807) is 29.1 Å². The zero-order chi connectivity index (χ0) is 24.1. The molecule has 0 atom stereocenters. The topological polar surface area (TPSA) is 119 Å². The molecule has 1 fully saturated rings. The third-order valence-corrected chi connectivity index (χ3v) is 5.94. The molecule has 34 heavy (non-hydrogen) atoms. The van der Waals surface area contributed by atoms with Crippen molar-refractivity contribution in [3.63, 3.8) is 0 Å². The second-order valence-corrected chi connectivity index (χ2v) is 8.60. The van der Waals surface area contributed by atoms with Crippen molar-refractivity contribution < 1.29 is 9.59 Å². The van der Waals surface area contributed by atoms with Crippen LogP contribution in [0.5, 0.6) is 0 Å². The van der Waals surface area contributed by atoms with Crippen LogP contribution in [0.2, 0.25) is 0 Å². The molecule has 3 aromatic rings. The maximum Gasteiger partial charge on any atom is 0.275 e. The predicted octanol–water partition coefficient (Wildman–Crippen LogP) is 3.00. The summed E-state index contributed by atoms with van der Waals surface area (Å²) in [6, 6.07) is 13.0. The molecular formula is C25H29N7O2. The molecule has 1 saturated heterocycles. The van der Waals surface area contributed by atoms with Gasteiger partial charge in [-0.05, 0) is 70.1 Å². The molecule has 1 aliphatic rings. The van der Waals surface area contributed by atoms with Crippen molar-refractivity contribution in [1.29, 1.82) is 0 Å². The molecule has 0 radical (unpaired) electrons. The number of amides is 2. The normalized spacial score (nSPS) is 15.1. The Morgan fingerprint density at radius 1 is 1.15 bits per heavy atom. The molecule has 0 saturated carbocycles. The van der Waals surface area contributed by atoms with Crippen LogP contribution in [-0.4, -0.2) is 55.6 Å². The number of pyridine rings is 2. The fourth-order valence-corrected chi connectivity index (χ4v) is 4.07. The highest BCUT2D eigenvalue weighted by Crippen LogP contribution is 2.30. The highest BCUT2D eigenvalue weighted by Gasteiger charge is 2.26. The van der Waals surface area contributed by atoms with Gasteiger partial charge >= 0.3 is 0 Å². The molecule has 2 amide bonds. The summed E-state index contributed by atoms with van der Waals surface area (Å²) in [5.74, 6) is 0.505. The second-order valence-electron chi connectivity index (χ2n) is 8.60. The Bertz CT molecular complexity index is 1180. The van der Waals surface area contributed by atoms with Crippen molar-refractivity contribution >= 4 is 23.7 Å². The average molecular weight is 460 g/mol. The number of piperidine rings is 1. The van der Waals surface area contributed by atoms with E-state index in [0.717, 1.165) is 31.6 Å². The number of likely N-dealkylation sites (tertiary alicyclic amines) is 1. The SMILES string of the molecule is CC(C)N1CCC(c2cc(NC(=O)c3cccc(/C=C/C(N)=O)n3)n(-c3ccccn3)n2)CC1. The van der Waals surface area contributed by atoms with Gasteiger partial charge in [-0.3, -0.25) is 9.59 Å². The quantitative estimate of drug-likeness (QED) is 0.524. The van der Waals surface area contributed by atoms with E-state index in [-0.39, 0.29) is 11.6 Å². The summed E-state index contributed by atoms with van der Waals surface area (Å²) in [6.07, 6.45) is 6.40. The van der Waals surface area contributed by atoms with Gasteiger partial charge in [0.15, 0.2) is 5.82 Å². The molecule has 0 bridgehead atoms. The van der Waals surface area contributed by atoms with Gasteiger partial charge in [0, 0.05) is 30.3 Å². The van der Waals surface area contributed by atoms with Crippen LogP contribution in [0, 0.1) is 0 Å². The van der Waals surface area contributed by atoms with Crippen LogP contribution < -0.4 is 11.1 Å². The van der Waals surface area contributed by atoms with Crippen molar-refractivity contribution in [2.45, 2.75) is 38.6 Å². The molecule has 9 heteroatoms. The number of carbonyl (C=O) groups is 2. The number of nitrogens with two attached hydrogens (primary N) is 1. The fraction of sp³-hybridized carbons (Fsp3) is 0.320. The molecule has 1 aliphatic heterocycles. The van der Waals surface area contributed by atoms with E-state index in [1.165, 1.54) is 12.2 Å². The largest absolute Gasteiger partial charge is 0.366 e. The molecule has 0 aromatic carbocycles. The van der Waals surface area contributed by atoms with E-state index in [9.17, 15) is 9.59 Å². The summed E-state index contributed by atoms with van der Waals surface area (Å²) in [7, 11) is 0. The molecule has 0 unspecified atom stereocenters. The van der Waals surface area contributed by atoms with Crippen molar-refractivity contribution in [2.75, 3.05) is 18.4 Å². The Kier molecular flexibility index (Phi) is 7.12. The minimum absolute atomic E-state index is 0.215. The lowest BCUT2D eigenvalue weighted by Gasteiger charge is -2.33. The first-order valence-electron chi connectivity index (χ1n) is 11.4. The third-order valence-electron chi connectivity index (χ3n) is 5.94. The number of primary amides is 1. The number of nitrogens with one attached hydrogen (secondary N) is 1. The van der Waals surface area contributed by atoms with Gasteiger partial charge < -0.3 is 16.0 Å². The Morgan fingerprint density at radius 3 is 2.62 bits per heavy atom. The van der Waals surface area contributed by atoms with E-state index in [0.29, 0.717) is 29.3 Å². The molecule has 0 spiro atoms. The van der Waals surface area contributed by atoms with Crippen molar-refractivity contribution in [3.05, 3.63) is 71.8 Å². The van der Waals surface area contributed by atoms with E-state index in [2.05, 4.69) is 34.0 Å². The van der Waals surface area contributed by atoms with Crippen LogP contribution in [0.1, 0.15) is 54.5 Å². The minimum Gasteiger partial charge on any atom is -0.366 e. The van der Waals surface area contributed by atoms with Crippen LogP contribution in [0.4, 0.5) is 5.82 Å². The first-order valence-corrected chi connectivity index (χ1v) is 11.4. The molecule has 0 aliphatic carbocycles. The number of hydrogen-bond acceptors (Lipinski definition) is 6. The molecule has 4 rings (SSSR count). The monoisotopic (exact) mass is 459 g/mol. The maximum absolute atomic E-state index is 13.0. The van der Waals surface area contributed by atoms with Crippen LogP contribution in [0.15, 0.2) is 54.7 Å². The fourth-order valence-electron chi connectivity index (χ4n) is 4.07. The number of aromatic nitrogens is 4. The van der Waals surface area contributed by atoms with Crippen molar-refractivity contribution in [1.82, 2.24) is 24.6 Å². The summed E-state index contributed by atoms with van der Waals surface area (Å²) in [4.78, 5) is 35.2. The number of anilines is 1. The van der Waals surface area contributed by atoms with E-state index in [1.807, 2.05) is 24.3 Å². The molecule has 4 heterocycles. The lowest BCUT2D eigenvalue weighted by Crippen LogP contribution is -2.37. The van der Waals surface area contributed by atoms with Gasteiger partial charge in [0.25, 0.3) is 5.91 Å². The van der Waals surface area contributed by atoms with Gasteiger partial charge in [-0.25, -0.2) is 9.97 Å². The lowest BCUT2D eigenvalue weighted by molar-refractivity contribution is -0.113. The average Bonchev–Trinajstić information content (AvgIpc) is 3.27. The van der Waals surface area contributed by atoms with Gasteiger partial charge in [-0.1, -0.05) is 12.1 Å². The van der Waals surface area contributed by atoms with E-state index >= 15 is 0 Å². The molecule has 3 N–H and O–H groups in total.